The van der Waals surface area contributed by atoms with Gasteiger partial charge >= 0.3 is 0 Å². The first kappa shape index (κ1) is 17.2. The SMILES string of the molecule is Cc1cncc(N(Cc2ncc[nH]2)C(=O)COc2ccccc2Br)c1. The molecule has 0 fully saturated rings. The molecular formula is C18H17BrN4O2. The fourth-order valence-electron chi connectivity index (χ4n) is 2.32. The van der Waals surface area contributed by atoms with Crippen LogP contribution in [0.5, 0.6) is 5.75 Å². The monoisotopic (exact) mass is 400 g/mol. The van der Waals surface area contributed by atoms with Crippen molar-refractivity contribution in [1.82, 2.24) is 15.0 Å². The van der Waals surface area contributed by atoms with E-state index in [-0.39, 0.29) is 12.5 Å². The van der Waals surface area contributed by atoms with Gasteiger partial charge in [-0.1, -0.05) is 12.1 Å². The van der Waals surface area contributed by atoms with Gasteiger partial charge in [0.1, 0.15) is 11.6 Å². The van der Waals surface area contributed by atoms with Crippen molar-refractivity contribution in [2.24, 2.45) is 0 Å². The van der Waals surface area contributed by atoms with Gasteiger partial charge in [0.05, 0.1) is 22.9 Å². The highest BCUT2D eigenvalue weighted by Gasteiger charge is 2.19. The van der Waals surface area contributed by atoms with Gasteiger partial charge in [-0.3, -0.25) is 9.78 Å². The zero-order chi connectivity index (χ0) is 17.6. The van der Waals surface area contributed by atoms with Crippen molar-refractivity contribution >= 4 is 27.5 Å². The number of pyridine rings is 1. The summed E-state index contributed by atoms with van der Waals surface area (Å²) in [5, 5.41) is 0. The van der Waals surface area contributed by atoms with Crippen LogP contribution in [0, 0.1) is 6.92 Å². The van der Waals surface area contributed by atoms with Crippen molar-refractivity contribution in [3.63, 3.8) is 0 Å². The van der Waals surface area contributed by atoms with Gasteiger partial charge in [-0.2, -0.15) is 0 Å². The number of benzene rings is 1. The number of aromatic amines is 1. The van der Waals surface area contributed by atoms with E-state index >= 15 is 0 Å². The molecule has 0 aliphatic rings. The number of hydrogen-bond donors (Lipinski definition) is 1. The largest absolute Gasteiger partial charge is 0.483 e. The third kappa shape index (κ3) is 4.45. The number of para-hydroxylation sites is 1. The third-order valence-corrected chi connectivity index (χ3v) is 4.18. The fourth-order valence-corrected chi connectivity index (χ4v) is 2.72. The van der Waals surface area contributed by atoms with Crippen molar-refractivity contribution in [1.29, 1.82) is 0 Å². The van der Waals surface area contributed by atoms with Gasteiger partial charge in [-0.15, -0.1) is 0 Å². The lowest BCUT2D eigenvalue weighted by atomic mass is 10.2. The van der Waals surface area contributed by atoms with Gasteiger partial charge in [-0.25, -0.2) is 4.98 Å². The average Bonchev–Trinajstić information content (AvgIpc) is 3.12. The highest BCUT2D eigenvalue weighted by atomic mass is 79.9. The standard InChI is InChI=1S/C18H17BrN4O2/c1-13-8-14(10-20-9-13)23(11-17-21-6-7-22-17)18(24)12-25-16-5-3-2-4-15(16)19/h2-10H,11-12H2,1H3,(H,21,22). The van der Waals surface area contributed by atoms with E-state index in [0.29, 0.717) is 23.8 Å². The van der Waals surface area contributed by atoms with E-state index in [1.54, 1.807) is 29.7 Å². The Morgan fingerprint density at radius 1 is 1.32 bits per heavy atom. The maximum atomic E-state index is 12.8. The van der Waals surface area contributed by atoms with E-state index in [9.17, 15) is 4.79 Å². The van der Waals surface area contributed by atoms with Gasteiger partial charge in [0.25, 0.3) is 5.91 Å². The second-order valence-electron chi connectivity index (χ2n) is 5.46. The molecule has 0 saturated heterocycles. The van der Waals surface area contributed by atoms with Crippen molar-refractivity contribution in [3.8, 4) is 5.75 Å². The van der Waals surface area contributed by atoms with Gasteiger partial charge in [0, 0.05) is 18.6 Å². The zero-order valence-electron chi connectivity index (χ0n) is 13.6. The minimum Gasteiger partial charge on any atom is -0.483 e. The molecule has 0 bridgehead atoms. The molecule has 2 heterocycles. The molecule has 25 heavy (non-hydrogen) atoms. The molecule has 0 aliphatic heterocycles. The van der Waals surface area contributed by atoms with Crippen LogP contribution in [-0.4, -0.2) is 27.5 Å². The molecule has 3 aromatic rings. The van der Waals surface area contributed by atoms with E-state index in [2.05, 4.69) is 30.9 Å². The number of imidazole rings is 1. The number of aryl methyl sites for hydroxylation is 1. The van der Waals surface area contributed by atoms with Crippen molar-refractivity contribution in [2.75, 3.05) is 11.5 Å². The molecule has 6 nitrogen and oxygen atoms in total. The lowest BCUT2D eigenvalue weighted by Gasteiger charge is -2.22. The van der Waals surface area contributed by atoms with Gasteiger partial charge in [0.2, 0.25) is 0 Å². The summed E-state index contributed by atoms with van der Waals surface area (Å²) in [6.07, 6.45) is 6.79. The Kier molecular flexibility index (Phi) is 5.45. The molecule has 1 N–H and O–H groups in total. The number of hydrogen-bond acceptors (Lipinski definition) is 4. The summed E-state index contributed by atoms with van der Waals surface area (Å²) in [6.45, 7) is 2.16. The van der Waals surface area contributed by atoms with E-state index in [4.69, 9.17) is 4.74 Å². The van der Waals surface area contributed by atoms with Gasteiger partial charge in [0.15, 0.2) is 6.61 Å². The summed E-state index contributed by atoms with van der Waals surface area (Å²) in [5.41, 5.74) is 1.68. The van der Waals surface area contributed by atoms with Crippen LogP contribution in [0.15, 0.2) is 59.6 Å². The van der Waals surface area contributed by atoms with Crippen molar-refractivity contribution < 1.29 is 9.53 Å². The number of carbonyl (C=O) groups excluding carboxylic acids is 1. The molecule has 2 aromatic heterocycles. The number of H-pyrrole nitrogens is 1. The molecule has 0 aliphatic carbocycles. The van der Waals surface area contributed by atoms with Crippen LogP contribution in [0.1, 0.15) is 11.4 Å². The maximum absolute atomic E-state index is 12.8. The molecule has 128 valence electrons. The molecule has 0 unspecified atom stereocenters. The first-order valence-electron chi connectivity index (χ1n) is 7.71. The highest BCUT2D eigenvalue weighted by Crippen LogP contribution is 2.24. The number of ether oxygens (including phenoxy) is 1. The highest BCUT2D eigenvalue weighted by molar-refractivity contribution is 9.10. The Morgan fingerprint density at radius 2 is 2.16 bits per heavy atom. The zero-order valence-corrected chi connectivity index (χ0v) is 15.2. The lowest BCUT2D eigenvalue weighted by molar-refractivity contribution is -0.120. The molecule has 0 radical (unpaired) electrons. The Balaban J connectivity index is 1.78. The molecule has 1 aromatic carbocycles. The lowest BCUT2D eigenvalue weighted by Crippen LogP contribution is -2.35. The van der Waals surface area contributed by atoms with Crippen LogP contribution in [0.2, 0.25) is 0 Å². The van der Waals surface area contributed by atoms with Crippen LogP contribution < -0.4 is 9.64 Å². The molecular weight excluding hydrogens is 384 g/mol. The smallest absolute Gasteiger partial charge is 0.265 e. The summed E-state index contributed by atoms with van der Waals surface area (Å²) in [6, 6.07) is 9.33. The topological polar surface area (TPSA) is 71.1 Å². The minimum atomic E-state index is -0.181. The minimum absolute atomic E-state index is 0.0860. The van der Waals surface area contributed by atoms with Gasteiger partial charge < -0.3 is 14.6 Å². The Hall–Kier alpha value is -2.67. The third-order valence-electron chi connectivity index (χ3n) is 3.52. The number of amides is 1. The van der Waals surface area contributed by atoms with Crippen LogP contribution in [0.4, 0.5) is 5.69 Å². The molecule has 7 heteroatoms. The number of halogens is 1. The van der Waals surface area contributed by atoms with Crippen LogP contribution in [0.25, 0.3) is 0 Å². The summed E-state index contributed by atoms with van der Waals surface area (Å²) in [4.78, 5) is 25.8. The summed E-state index contributed by atoms with van der Waals surface area (Å²) in [5.74, 6) is 1.13. The summed E-state index contributed by atoms with van der Waals surface area (Å²) in [7, 11) is 0. The number of nitrogens with one attached hydrogen (secondary N) is 1. The van der Waals surface area contributed by atoms with Crippen LogP contribution in [0.3, 0.4) is 0 Å². The number of aromatic nitrogens is 3. The van der Waals surface area contributed by atoms with Crippen LogP contribution >= 0.6 is 15.9 Å². The Morgan fingerprint density at radius 3 is 2.88 bits per heavy atom. The van der Waals surface area contributed by atoms with Gasteiger partial charge in [-0.05, 0) is 46.6 Å². The maximum Gasteiger partial charge on any atom is 0.265 e. The normalized spacial score (nSPS) is 10.5. The summed E-state index contributed by atoms with van der Waals surface area (Å²) < 4.78 is 6.46. The number of anilines is 1. The van der Waals surface area contributed by atoms with E-state index < -0.39 is 0 Å². The Bertz CT molecular complexity index is 852. The summed E-state index contributed by atoms with van der Waals surface area (Å²) >= 11 is 3.41. The van der Waals surface area contributed by atoms with Crippen molar-refractivity contribution in [2.45, 2.75) is 13.5 Å². The van der Waals surface area contributed by atoms with E-state index in [1.165, 1.54) is 0 Å². The molecule has 3 rings (SSSR count). The van der Waals surface area contributed by atoms with E-state index in [1.807, 2.05) is 37.3 Å². The number of rotatable bonds is 6. The first-order chi connectivity index (χ1) is 12.1. The predicted octanol–water partition coefficient (Wildman–Crippen LogP) is 3.49. The first-order valence-corrected chi connectivity index (χ1v) is 8.50. The fraction of sp³-hybridized carbons (Fsp3) is 0.167. The quantitative estimate of drug-likeness (QED) is 0.687. The second kappa shape index (κ2) is 7.94. The Labute approximate surface area is 154 Å². The van der Waals surface area contributed by atoms with Crippen molar-refractivity contribution in [3.05, 3.63) is 71.0 Å². The number of nitrogens with zero attached hydrogens (tertiary/aromatic N) is 3. The predicted molar refractivity (Wildman–Crippen MR) is 98.4 cm³/mol. The van der Waals surface area contributed by atoms with Crippen LogP contribution in [-0.2, 0) is 11.3 Å². The molecule has 1 amide bonds. The van der Waals surface area contributed by atoms with E-state index in [0.717, 1.165) is 10.0 Å². The number of carbonyl (C=O) groups is 1. The molecule has 0 saturated carbocycles. The second-order valence-corrected chi connectivity index (χ2v) is 6.31. The molecule has 0 spiro atoms. The molecule has 0 atom stereocenters. The average molecular weight is 401 g/mol.